The molecule has 0 saturated carbocycles. The van der Waals surface area contributed by atoms with Gasteiger partial charge in [-0.15, -0.1) is 12.4 Å². The molecule has 7 nitrogen and oxygen atoms in total. The van der Waals surface area contributed by atoms with Crippen LogP contribution < -0.4 is 5.32 Å². The van der Waals surface area contributed by atoms with Gasteiger partial charge in [0.05, 0.1) is 40.9 Å². The molecule has 2 aliphatic heterocycles. The quantitative estimate of drug-likeness (QED) is 0.683. The summed E-state index contributed by atoms with van der Waals surface area (Å²) in [6.45, 7) is 2.68. The molecule has 2 fully saturated rings. The number of carbonyl (C=O) groups excluding carboxylic acids is 1. The number of halogens is 3. The molecule has 0 aromatic heterocycles. The molecule has 11 heteroatoms. The Labute approximate surface area is 187 Å². The highest BCUT2D eigenvalue weighted by Gasteiger charge is 2.28. The van der Waals surface area contributed by atoms with Gasteiger partial charge in [0.15, 0.2) is 9.84 Å². The highest BCUT2D eigenvalue weighted by molar-refractivity contribution is 7.91. The largest absolute Gasteiger partial charge is 0.372 e. The van der Waals surface area contributed by atoms with Crippen LogP contribution in [-0.4, -0.2) is 76.7 Å². The first-order chi connectivity index (χ1) is 13.4. The first-order valence-corrected chi connectivity index (χ1v) is 11.8. The van der Waals surface area contributed by atoms with Gasteiger partial charge in [0, 0.05) is 32.1 Å². The van der Waals surface area contributed by atoms with Crippen molar-refractivity contribution >= 4 is 51.4 Å². The molecule has 29 heavy (non-hydrogen) atoms. The molecule has 2 heterocycles. The lowest BCUT2D eigenvalue weighted by Crippen LogP contribution is -2.45. The average molecular weight is 488 g/mol. The van der Waals surface area contributed by atoms with Crippen molar-refractivity contribution in [3.63, 3.8) is 0 Å². The number of sulfone groups is 1. The molecule has 2 aliphatic rings. The number of ether oxygens (including phenoxy) is 2. The predicted molar refractivity (Wildman–Crippen MR) is 115 cm³/mol. The summed E-state index contributed by atoms with van der Waals surface area (Å²) < 4.78 is 34.6. The zero-order chi connectivity index (χ0) is 20.1. The van der Waals surface area contributed by atoms with Gasteiger partial charge in [0.1, 0.15) is 6.61 Å². The molecule has 2 atom stereocenters. The molecule has 164 valence electrons. The normalized spacial score (nSPS) is 24.4. The molecule has 1 amide bonds. The fraction of sp³-hybridized carbons (Fsp3) is 0.611. The summed E-state index contributed by atoms with van der Waals surface area (Å²) in [5, 5.41) is 4.26. The highest BCUT2D eigenvalue weighted by Crippen LogP contribution is 2.32. The van der Waals surface area contributed by atoms with Crippen LogP contribution in [-0.2, 0) is 24.1 Å². The van der Waals surface area contributed by atoms with E-state index in [1.807, 2.05) is 6.07 Å². The second-order valence-electron chi connectivity index (χ2n) is 6.98. The smallest absolute Gasteiger partial charge is 0.248 e. The van der Waals surface area contributed by atoms with Gasteiger partial charge in [-0.25, -0.2) is 8.42 Å². The molecular formula is C18H25Cl3N2O5S. The fourth-order valence-electron chi connectivity index (χ4n) is 3.34. The number of amides is 1. The highest BCUT2D eigenvalue weighted by atomic mass is 35.5. The lowest BCUT2D eigenvalue weighted by atomic mass is 9.96. The Morgan fingerprint density at radius 1 is 1.24 bits per heavy atom. The van der Waals surface area contributed by atoms with Crippen molar-refractivity contribution in [2.45, 2.75) is 6.10 Å². The Bertz CT molecular complexity index is 795. The summed E-state index contributed by atoms with van der Waals surface area (Å²) in [7, 11) is -3.02. The summed E-state index contributed by atoms with van der Waals surface area (Å²) in [4.78, 5) is 13.8. The number of hydrogen-bond acceptors (Lipinski definition) is 6. The van der Waals surface area contributed by atoms with Gasteiger partial charge in [0.2, 0.25) is 5.91 Å². The maximum Gasteiger partial charge on any atom is 0.248 e. The molecule has 1 N–H and O–H groups in total. The van der Waals surface area contributed by atoms with E-state index in [4.69, 9.17) is 32.7 Å². The molecule has 0 radical (unpaired) electrons. The van der Waals surface area contributed by atoms with Crippen molar-refractivity contribution in [1.82, 2.24) is 10.2 Å². The van der Waals surface area contributed by atoms with Gasteiger partial charge in [-0.1, -0.05) is 29.3 Å². The predicted octanol–water partition coefficient (Wildman–Crippen LogP) is 1.97. The van der Waals surface area contributed by atoms with Gasteiger partial charge in [0.25, 0.3) is 0 Å². The topological polar surface area (TPSA) is 84.9 Å². The van der Waals surface area contributed by atoms with Gasteiger partial charge in [-0.3, -0.25) is 4.79 Å². The number of rotatable bonds is 5. The van der Waals surface area contributed by atoms with Crippen LogP contribution in [0.2, 0.25) is 10.0 Å². The maximum atomic E-state index is 12.3. The van der Waals surface area contributed by atoms with Crippen molar-refractivity contribution in [2.24, 2.45) is 5.92 Å². The summed E-state index contributed by atoms with van der Waals surface area (Å²) >= 11 is 12.2. The fourth-order valence-corrected chi connectivity index (χ4v) is 4.85. The van der Waals surface area contributed by atoms with Crippen LogP contribution in [0.25, 0.3) is 0 Å². The maximum absolute atomic E-state index is 12.3. The molecular weight excluding hydrogens is 463 g/mol. The van der Waals surface area contributed by atoms with Crippen molar-refractivity contribution < 1.29 is 22.7 Å². The molecule has 1 aromatic carbocycles. The summed E-state index contributed by atoms with van der Waals surface area (Å²) in [6.07, 6.45) is -0.222. The first-order valence-electron chi connectivity index (χ1n) is 9.19. The molecule has 0 spiro atoms. The zero-order valence-electron chi connectivity index (χ0n) is 15.8. The third kappa shape index (κ3) is 6.95. The number of nitrogens with zero attached hydrogens (tertiary/aromatic N) is 1. The number of carbonyl (C=O) groups is 1. The number of nitrogens with one attached hydrogen (secondary N) is 1. The van der Waals surface area contributed by atoms with E-state index < -0.39 is 9.84 Å². The van der Waals surface area contributed by atoms with Crippen LogP contribution in [0.5, 0.6) is 0 Å². The van der Waals surface area contributed by atoms with Gasteiger partial charge < -0.3 is 19.7 Å². The molecule has 0 bridgehead atoms. The van der Waals surface area contributed by atoms with Crippen molar-refractivity contribution in [1.29, 1.82) is 0 Å². The minimum absolute atomic E-state index is 0. The van der Waals surface area contributed by atoms with E-state index in [0.717, 1.165) is 12.1 Å². The van der Waals surface area contributed by atoms with Crippen LogP contribution in [0.15, 0.2) is 18.2 Å². The third-order valence-electron chi connectivity index (χ3n) is 4.94. The molecule has 0 aliphatic carbocycles. The van der Waals surface area contributed by atoms with E-state index in [0.29, 0.717) is 29.8 Å². The monoisotopic (exact) mass is 486 g/mol. The standard InChI is InChI=1S/C18H24Cl2N2O5S.ClH/c19-15-2-1-13(9-16(15)20)18-14(10-21-3-6-27-18)11-26-12-17(23)22-4-7-28(24,25)8-5-22;/h1-2,9,14,18,21H,3-8,10-12H2;1H/t14-,18+;/m1./s1. The lowest BCUT2D eigenvalue weighted by molar-refractivity contribution is -0.136. The lowest BCUT2D eigenvalue weighted by Gasteiger charge is -2.28. The van der Waals surface area contributed by atoms with Crippen LogP contribution >= 0.6 is 35.6 Å². The van der Waals surface area contributed by atoms with Gasteiger partial charge in [-0.05, 0) is 17.7 Å². The Hall–Kier alpha value is -0.610. The van der Waals surface area contributed by atoms with E-state index >= 15 is 0 Å². The SMILES string of the molecule is Cl.O=C(COC[C@H]1CNCCO[C@H]1c1ccc(Cl)c(Cl)c1)N1CCS(=O)(=O)CC1. The molecule has 2 saturated heterocycles. The second-order valence-corrected chi connectivity index (χ2v) is 10.1. The molecule has 0 unspecified atom stereocenters. The van der Waals surface area contributed by atoms with Gasteiger partial charge >= 0.3 is 0 Å². The Kier molecular flexibility index (Phi) is 9.47. The van der Waals surface area contributed by atoms with Crippen molar-refractivity contribution in [2.75, 3.05) is 57.5 Å². The summed E-state index contributed by atoms with van der Waals surface area (Å²) in [5.74, 6) is -0.172. The number of hydrogen-bond donors (Lipinski definition) is 1. The van der Waals surface area contributed by atoms with E-state index in [1.54, 1.807) is 17.0 Å². The van der Waals surface area contributed by atoms with E-state index in [1.165, 1.54) is 0 Å². The molecule has 1 aromatic rings. The van der Waals surface area contributed by atoms with Crippen LogP contribution in [0, 0.1) is 5.92 Å². The van der Waals surface area contributed by atoms with E-state index in [9.17, 15) is 13.2 Å². The number of benzene rings is 1. The second kappa shape index (κ2) is 11.1. The van der Waals surface area contributed by atoms with Crippen LogP contribution in [0.3, 0.4) is 0 Å². The van der Waals surface area contributed by atoms with Crippen molar-refractivity contribution in [3.05, 3.63) is 33.8 Å². The molecule has 3 rings (SSSR count). The summed E-state index contributed by atoms with van der Waals surface area (Å²) in [5.41, 5.74) is 0.916. The Balaban J connectivity index is 0.00000300. The minimum atomic E-state index is -3.02. The first kappa shape index (κ1) is 24.7. The Morgan fingerprint density at radius 3 is 2.66 bits per heavy atom. The summed E-state index contributed by atoms with van der Waals surface area (Å²) in [6, 6.07) is 5.43. The third-order valence-corrected chi connectivity index (χ3v) is 7.29. The average Bonchev–Trinajstić information content (AvgIpc) is 2.89. The minimum Gasteiger partial charge on any atom is -0.372 e. The van der Waals surface area contributed by atoms with Crippen LogP contribution in [0.4, 0.5) is 0 Å². The van der Waals surface area contributed by atoms with Gasteiger partial charge in [-0.2, -0.15) is 0 Å². The van der Waals surface area contributed by atoms with E-state index in [2.05, 4.69) is 5.32 Å². The van der Waals surface area contributed by atoms with E-state index in [-0.39, 0.29) is 61.5 Å². The zero-order valence-corrected chi connectivity index (χ0v) is 19.0. The van der Waals surface area contributed by atoms with Crippen molar-refractivity contribution in [3.8, 4) is 0 Å². The van der Waals surface area contributed by atoms with Crippen LogP contribution in [0.1, 0.15) is 11.7 Å². The Morgan fingerprint density at radius 2 is 1.97 bits per heavy atom.